The lowest BCUT2D eigenvalue weighted by Gasteiger charge is -2.18. The normalized spacial score (nSPS) is 16.4. The van der Waals surface area contributed by atoms with Crippen LogP contribution < -0.4 is 5.32 Å². The van der Waals surface area contributed by atoms with Crippen molar-refractivity contribution in [2.24, 2.45) is 0 Å². The average Bonchev–Trinajstić information content (AvgIpc) is 2.78. The number of carbonyl (C=O) groups is 2. The first kappa shape index (κ1) is 15.5. The lowest BCUT2D eigenvalue weighted by Crippen LogP contribution is -2.39. The molecule has 2 rings (SSSR count). The first-order chi connectivity index (χ1) is 9.47. The monoisotopic (exact) mass is 332 g/mol. The SMILES string of the molecule is CC(NC(=O)CN1CSCC1=O)c1ccc(Cl)c(Cl)c1. The third-order valence-electron chi connectivity index (χ3n) is 2.98. The van der Waals surface area contributed by atoms with Crippen molar-refractivity contribution in [3.05, 3.63) is 33.8 Å². The Kier molecular flexibility index (Phi) is 5.18. The zero-order chi connectivity index (χ0) is 14.7. The van der Waals surface area contributed by atoms with Gasteiger partial charge in [-0.05, 0) is 24.6 Å². The first-order valence-electron chi connectivity index (χ1n) is 6.07. The zero-order valence-corrected chi connectivity index (χ0v) is 13.2. The van der Waals surface area contributed by atoms with Crippen molar-refractivity contribution >= 4 is 46.8 Å². The van der Waals surface area contributed by atoms with Crippen molar-refractivity contribution in [3.8, 4) is 0 Å². The van der Waals surface area contributed by atoms with Gasteiger partial charge in [-0.3, -0.25) is 9.59 Å². The number of nitrogens with one attached hydrogen (secondary N) is 1. The average molecular weight is 333 g/mol. The highest BCUT2D eigenvalue weighted by molar-refractivity contribution is 8.00. The molecule has 0 bridgehead atoms. The molecule has 1 heterocycles. The fourth-order valence-electron chi connectivity index (χ4n) is 1.87. The standard InChI is InChI=1S/C13H14Cl2N2O2S/c1-8(9-2-3-10(14)11(15)4-9)16-12(18)5-17-7-20-6-13(17)19/h2-4,8H,5-7H2,1H3,(H,16,18). The van der Waals surface area contributed by atoms with Gasteiger partial charge in [0.2, 0.25) is 11.8 Å². The highest BCUT2D eigenvalue weighted by atomic mass is 35.5. The molecule has 0 aromatic heterocycles. The summed E-state index contributed by atoms with van der Waals surface area (Å²) in [4.78, 5) is 24.9. The second kappa shape index (κ2) is 6.70. The summed E-state index contributed by atoms with van der Waals surface area (Å²) >= 11 is 13.3. The van der Waals surface area contributed by atoms with Crippen molar-refractivity contribution < 1.29 is 9.59 Å². The van der Waals surface area contributed by atoms with Crippen LogP contribution >= 0.6 is 35.0 Å². The molecule has 1 aliphatic heterocycles. The number of nitrogens with zero attached hydrogens (tertiary/aromatic N) is 1. The number of halogens is 2. The molecule has 7 heteroatoms. The molecule has 1 aromatic carbocycles. The molecule has 1 aliphatic rings. The van der Waals surface area contributed by atoms with E-state index in [-0.39, 0.29) is 24.4 Å². The quantitative estimate of drug-likeness (QED) is 0.922. The molecular weight excluding hydrogens is 319 g/mol. The van der Waals surface area contributed by atoms with Crippen LogP contribution in [0.1, 0.15) is 18.5 Å². The Bertz CT molecular complexity index is 539. The molecule has 4 nitrogen and oxygen atoms in total. The summed E-state index contributed by atoms with van der Waals surface area (Å²) in [5, 5.41) is 3.78. The van der Waals surface area contributed by atoms with E-state index in [1.54, 1.807) is 17.0 Å². The number of hydrogen-bond acceptors (Lipinski definition) is 3. The van der Waals surface area contributed by atoms with Crippen molar-refractivity contribution in [3.63, 3.8) is 0 Å². The highest BCUT2D eigenvalue weighted by Crippen LogP contribution is 2.25. The lowest BCUT2D eigenvalue weighted by atomic mass is 10.1. The van der Waals surface area contributed by atoms with Crippen molar-refractivity contribution in [2.75, 3.05) is 18.2 Å². The van der Waals surface area contributed by atoms with Crippen molar-refractivity contribution in [1.82, 2.24) is 10.2 Å². The fourth-order valence-corrected chi connectivity index (χ4v) is 3.08. The van der Waals surface area contributed by atoms with Crippen LogP contribution in [0, 0.1) is 0 Å². The molecule has 20 heavy (non-hydrogen) atoms. The smallest absolute Gasteiger partial charge is 0.240 e. The molecule has 1 fully saturated rings. The van der Waals surface area contributed by atoms with Crippen LogP contribution in [0.5, 0.6) is 0 Å². The predicted octanol–water partition coefficient (Wildman–Crippen LogP) is 2.70. The van der Waals surface area contributed by atoms with Crippen molar-refractivity contribution in [1.29, 1.82) is 0 Å². The topological polar surface area (TPSA) is 49.4 Å². The number of thioether (sulfide) groups is 1. The fraction of sp³-hybridized carbons (Fsp3) is 0.385. The van der Waals surface area contributed by atoms with Gasteiger partial charge in [-0.15, -0.1) is 11.8 Å². The molecule has 1 N–H and O–H groups in total. The second-order valence-corrected chi connectivity index (χ2v) is 6.30. The van der Waals surface area contributed by atoms with Crippen LogP contribution in [0.25, 0.3) is 0 Å². The maximum absolute atomic E-state index is 11.9. The van der Waals surface area contributed by atoms with Gasteiger partial charge in [-0.2, -0.15) is 0 Å². The number of hydrogen-bond donors (Lipinski definition) is 1. The molecule has 0 saturated carbocycles. The molecule has 0 aliphatic carbocycles. The number of carbonyl (C=O) groups excluding carboxylic acids is 2. The van der Waals surface area contributed by atoms with Gasteiger partial charge in [-0.25, -0.2) is 0 Å². The van der Waals surface area contributed by atoms with Gasteiger partial charge in [-0.1, -0.05) is 29.3 Å². The molecular formula is C13H14Cl2N2O2S. The van der Waals surface area contributed by atoms with E-state index >= 15 is 0 Å². The van der Waals surface area contributed by atoms with Crippen LogP contribution in [-0.2, 0) is 9.59 Å². The summed E-state index contributed by atoms with van der Waals surface area (Å²) in [7, 11) is 0. The van der Waals surface area contributed by atoms with E-state index in [4.69, 9.17) is 23.2 Å². The summed E-state index contributed by atoms with van der Waals surface area (Å²) in [6.07, 6.45) is 0. The molecule has 1 atom stereocenters. The largest absolute Gasteiger partial charge is 0.348 e. The summed E-state index contributed by atoms with van der Waals surface area (Å²) < 4.78 is 0. The van der Waals surface area contributed by atoms with Gasteiger partial charge >= 0.3 is 0 Å². The first-order valence-corrected chi connectivity index (χ1v) is 7.98. The number of rotatable bonds is 4. The number of amides is 2. The van der Waals surface area contributed by atoms with E-state index in [9.17, 15) is 9.59 Å². The van der Waals surface area contributed by atoms with Crippen LogP contribution in [0.15, 0.2) is 18.2 Å². The van der Waals surface area contributed by atoms with Crippen LogP contribution in [0.3, 0.4) is 0 Å². The van der Waals surface area contributed by atoms with Gasteiger partial charge in [0, 0.05) is 0 Å². The Hall–Kier alpha value is -0.910. The minimum Gasteiger partial charge on any atom is -0.348 e. The number of benzene rings is 1. The summed E-state index contributed by atoms with van der Waals surface area (Å²) in [5.74, 6) is 0.856. The Morgan fingerprint density at radius 2 is 2.20 bits per heavy atom. The Morgan fingerprint density at radius 3 is 2.80 bits per heavy atom. The van der Waals surface area contributed by atoms with E-state index in [2.05, 4.69) is 5.32 Å². The third-order valence-corrected chi connectivity index (χ3v) is 4.67. The maximum Gasteiger partial charge on any atom is 0.240 e. The predicted molar refractivity (Wildman–Crippen MR) is 82.1 cm³/mol. The Balaban J connectivity index is 1.93. The van der Waals surface area contributed by atoms with E-state index < -0.39 is 0 Å². The minimum atomic E-state index is -0.192. The summed E-state index contributed by atoms with van der Waals surface area (Å²) in [5.41, 5.74) is 0.870. The van der Waals surface area contributed by atoms with Crippen LogP contribution in [0.4, 0.5) is 0 Å². The van der Waals surface area contributed by atoms with E-state index in [0.29, 0.717) is 21.7 Å². The molecule has 1 unspecified atom stereocenters. The Labute approximate surface area is 131 Å². The Morgan fingerprint density at radius 1 is 1.45 bits per heavy atom. The van der Waals surface area contributed by atoms with E-state index in [1.807, 2.05) is 13.0 Å². The zero-order valence-electron chi connectivity index (χ0n) is 10.9. The van der Waals surface area contributed by atoms with Crippen LogP contribution in [-0.4, -0.2) is 34.9 Å². The lowest BCUT2D eigenvalue weighted by molar-refractivity contribution is -0.132. The van der Waals surface area contributed by atoms with Gasteiger partial charge < -0.3 is 10.2 Å². The molecule has 2 amide bonds. The van der Waals surface area contributed by atoms with Gasteiger partial charge in [0.25, 0.3) is 0 Å². The maximum atomic E-state index is 11.9. The second-order valence-electron chi connectivity index (χ2n) is 4.53. The molecule has 0 radical (unpaired) electrons. The van der Waals surface area contributed by atoms with E-state index in [1.165, 1.54) is 11.8 Å². The van der Waals surface area contributed by atoms with E-state index in [0.717, 1.165) is 5.56 Å². The molecule has 1 aromatic rings. The van der Waals surface area contributed by atoms with Crippen molar-refractivity contribution in [2.45, 2.75) is 13.0 Å². The molecule has 108 valence electrons. The third kappa shape index (κ3) is 3.81. The minimum absolute atomic E-state index is 0.00680. The molecule has 1 saturated heterocycles. The summed E-state index contributed by atoms with van der Waals surface area (Å²) in [6, 6.07) is 5.05. The summed E-state index contributed by atoms with van der Waals surface area (Å²) in [6.45, 7) is 1.95. The van der Waals surface area contributed by atoms with Crippen LogP contribution in [0.2, 0.25) is 10.0 Å². The highest BCUT2D eigenvalue weighted by Gasteiger charge is 2.23. The van der Waals surface area contributed by atoms with Gasteiger partial charge in [0.1, 0.15) is 6.54 Å². The molecule has 0 spiro atoms. The van der Waals surface area contributed by atoms with Gasteiger partial charge in [0.05, 0.1) is 27.7 Å². The van der Waals surface area contributed by atoms with Gasteiger partial charge in [0.15, 0.2) is 0 Å².